The lowest BCUT2D eigenvalue weighted by molar-refractivity contribution is -0.147. The molecule has 2 atom stereocenters. The Morgan fingerprint density at radius 3 is 2.18 bits per heavy atom. The molecule has 0 aromatic heterocycles. The highest BCUT2D eigenvalue weighted by Gasteiger charge is 2.38. The van der Waals surface area contributed by atoms with Gasteiger partial charge in [0, 0.05) is 0 Å². The Hall–Kier alpha value is -1.84. The Kier molecular flexibility index (Phi) is 5.96. The van der Waals surface area contributed by atoms with Crippen molar-refractivity contribution in [2.24, 2.45) is 5.73 Å². The van der Waals surface area contributed by atoms with Crippen molar-refractivity contribution < 1.29 is 39.9 Å². The number of nitrogens with two attached hydrogens (primary N) is 1. The maximum Gasteiger partial charge on any atom is 0.377 e. The summed E-state index contributed by atoms with van der Waals surface area (Å²) in [6, 6.07) is 0. The number of aliphatic hydroxyl groups excluding tert-OH is 4. The maximum atomic E-state index is 10.5. The Morgan fingerprint density at radius 1 is 1.47 bits per heavy atom. The van der Waals surface area contributed by atoms with Gasteiger partial charge < -0.3 is 36.0 Å². The van der Waals surface area contributed by atoms with Gasteiger partial charge in [0.1, 0.15) is 6.10 Å². The summed E-state index contributed by atoms with van der Waals surface area (Å²) in [5.74, 6) is -3.75. The molecular formula is C8H13NO8. The van der Waals surface area contributed by atoms with E-state index in [9.17, 15) is 9.59 Å². The van der Waals surface area contributed by atoms with Gasteiger partial charge in [0.2, 0.25) is 5.76 Å². The predicted molar refractivity (Wildman–Crippen MR) is 51.9 cm³/mol. The van der Waals surface area contributed by atoms with E-state index in [-0.39, 0.29) is 6.54 Å². The van der Waals surface area contributed by atoms with Gasteiger partial charge in [-0.25, -0.2) is 4.79 Å². The van der Waals surface area contributed by atoms with E-state index in [2.05, 4.69) is 10.5 Å². The molecule has 0 amide bonds. The average molecular weight is 251 g/mol. The van der Waals surface area contributed by atoms with E-state index in [0.717, 1.165) is 0 Å². The minimum absolute atomic E-state index is 0.278. The van der Waals surface area contributed by atoms with Crippen LogP contribution >= 0.6 is 0 Å². The second kappa shape index (κ2) is 6.68. The standard InChI is InChI=1S/C6H8O6.C2H5NO2/c7-1-2(8)5-3(9)4(10)6(11)12-5;3-1-2(4)5/h2,5,7-10H,1H2;1,3H2,(H,4,5)/t2-,5+;/m0./s1. The normalized spacial score (nSPS) is 20.4. The van der Waals surface area contributed by atoms with Crippen LogP contribution in [0.15, 0.2) is 11.5 Å². The number of hydrogen-bond donors (Lipinski definition) is 6. The van der Waals surface area contributed by atoms with Crippen LogP contribution in [0.25, 0.3) is 0 Å². The summed E-state index contributed by atoms with van der Waals surface area (Å²) in [6.07, 6.45) is -2.78. The van der Waals surface area contributed by atoms with Crippen molar-refractivity contribution in [2.75, 3.05) is 13.2 Å². The highest BCUT2D eigenvalue weighted by Crippen LogP contribution is 2.20. The second-order valence-electron chi connectivity index (χ2n) is 2.91. The molecule has 0 saturated carbocycles. The lowest BCUT2D eigenvalue weighted by Crippen LogP contribution is -2.31. The van der Waals surface area contributed by atoms with Gasteiger partial charge in [0.05, 0.1) is 13.2 Å². The van der Waals surface area contributed by atoms with Gasteiger partial charge in [0.25, 0.3) is 0 Å². The van der Waals surface area contributed by atoms with Gasteiger partial charge in [-0.1, -0.05) is 0 Å². The SMILES string of the molecule is NCC(=O)O.O=C1O[C@H]([C@@H](O)CO)C(O)=C1O. The molecule has 0 unspecified atom stereocenters. The molecule has 7 N–H and O–H groups in total. The first kappa shape index (κ1) is 15.2. The van der Waals surface area contributed by atoms with Gasteiger partial charge in [0.15, 0.2) is 11.9 Å². The van der Waals surface area contributed by atoms with Crippen LogP contribution in [0, 0.1) is 0 Å². The number of ether oxygens (including phenoxy) is 1. The molecule has 0 radical (unpaired) electrons. The summed E-state index contributed by atoms with van der Waals surface area (Å²) in [7, 11) is 0. The molecule has 9 heteroatoms. The van der Waals surface area contributed by atoms with Crippen molar-refractivity contribution in [3.63, 3.8) is 0 Å². The first-order chi connectivity index (χ1) is 7.84. The first-order valence-corrected chi connectivity index (χ1v) is 4.39. The third-order valence-electron chi connectivity index (χ3n) is 1.65. The van der Waals surface area contributed by atoms with Crippen molar-refractivity contribution in [3.8, 4) is 0 Å². The van der Waals surface area contributed by atoms with E-state index in [1.165, 1.54) is 0 Å². The fourth-order valence-electron chi connectivity index (χ4n) is 0.823. The van der Waals surface area contributed by atoms with Crippen molar-refractivity contribution in [1.82, 2.24) is 0 Å². The Labute approximate surface area is 95.4 Å². The van der Waals surface area contributed by atoms with Crippen LogP contribution in [0.4, 0.5) is 0 Å². The third-order valence-corrected chi connectivity index (χ3v) is 1.65. The van der Waals surface area contributed by atoms with Crippen LogP contribution in [0.1, 0.15) is 0 Å². The zero-order valence-corrected chi connectivity index (χ0v) is 8.61. The van der Waals surface area contributed by atoms with E-state index in [0.29, 0.717) is 0 Å². The molecule has 0 fully saturated rings. The zero-order chi connectivity index (χ0) is 13.6. The van der Waals surface area contributed by atoms with Gasteiger partial charge in [-0.15, -0.1) is 0 Å². The van der Waals surface area contributed by atoms with Crippen LogP contribution < -0.4 is 5.73 Å². The quantitative estimate of drug-likeness (QED) is 0.300. The van der Waals surface area contributed by atoms with Crippen molar-refractivity contribution >= 4 is 11.9 Å². The Bertz CT molecular complexity index is 325. The molecule has 0 spiro atoms. The summed E-state index contributed by atoms with van der Waals surface area (Å²) >= 11 is 0. The van der Waals surface area contributed by atoms with Crippen molar-refractivity contribution in [2.45, 2.75) is 12.2 Å². The Morgan fingerprint density at radius 2 is 1.94 bits per heavy atom. The number of carbonyl (C=O) groups is 2. The van der Waals surface area contributed by atoms with Gasteiger partial charge in [-0.2, -0.15) is 0 Å². The lowest BCUT2D eigenvalue weighted by Gasteiger charge is -2.13. The minimum atomic E-state index is -1.42. The summed E-state index contributed by atoms with van der Waals surface area (Å²) in [5, 5.41) is 42.6. The summed E-state index contributed by atoms with van der Waals surface area (Å²) in [4.78, 5) is 19.8. The summed E-state index contributed by atoms with van der Waals surface area (Å²) < 4.78 is 4.32. The molecule has 0 aromatic carbocycles. The van der Waals surface area contributed by atoms with Gasteiger partial charge in [-0.05, 0) is 0 Å². The molecule has 0 aromatic rings. The molecule has 17 heavy (non-hydrogen) atoms. The molecule has 1 aliphatic rings. The van der Waals surface area contributed by atoms with Crippen LogP contribution in [-0.2, 0) is 14.3 Å². The summed E-state index contributed by atoms with van der Waals surface area (Å²) in [6.45, 7) is -0.949. The summed E-state index contributed by atoms with van der Waals surface area (Å²) in [5.41, 5.74) is 4.57. The van der Waals surface area contributed by atoms with E-state index in [4.69, 9.17) is 25.5 Å². The number of aliphatic hydroxyl groups is 4. The van der Waals surface area contributed by atoms with Crippen LogP contribution in [0.5, 0.6) is 0 Å². The van der Waals surface area contributed by atoms with Crippen LogP contribution in [-0.4, -0.2) is 62.8 Å². The van der Waals surface area contributed by atoms with E-state index < -0.39 is 42.3 Å². The van der Waals surface area contributed by atoms with Crippen LogP contribution in [0.2, 0.25) is 0 Å². The smallest absolute Gasteiger partial charge is 0.377 e. The predicted octanol–water partition coefficient (Wildman–Crippen LogP) is -2.38. The number of esters is 1. The number of carbonyl (C=O) groups excluding carboxylic acids is 1. The number of carboxylic acids is 1. The lowest BCUT2D eigenvalue weighted by atomic mass is 10.2. The number of aliphatic carboxylic acids is 1. The first-order valence-electron chi connectivity index (χ1n) is 4.39. The van der Waals surface area contributed by atoms with E-state index in [1.807, 2.05) is 0 Å². The maximum absolute atomic E-state index is 10.5. The molecule has 0 aliphatic carbocycles. The fraction of sp³-hybridized carbons (Fsp3) is 0.500. The monoisotopic (exact) mass is 251 g/mol. The topological polar surface area (TPSA) is 171 Å². The molecule has 0 bridgehead atoms. The number of hydrogen-bond acceptors (Lipinski definition) is 8. The highest BCUT2D eigenvalue weighted by molar-refractivity contribution is 5.89. The van der Waals surface area contributed by atoms with Gasteiger partial charge in [-0.3, -0.25) is 4.79 Å². The van der Waals surface area contributed by atoms with E-state index in [1.54, 1.807) is 0 Å². The minimum Gasteiger partial charge on any atom is -0.505 e. The largest absolute Gasteiger partial charge is 0.505 e. The number of cyclic esters (lactones) is 1. The average Bonchev–Trinajstić information content (AvgIpc) is 2.56. The third kappa shape index (κ3) is 4.26. The van der Waals surface area contributed by atoms with Crippen LogP contribution in [0.3, 0.4) is 0 Å². The van der Waals surface area contributed by atoms with Crippen molar-refractivity contribution in [1.29, 1.82) is 0 Å². The molecular weight excluding hydrogens is 238 g/mol. The Balaban J connectivity index is 0.000000437. The number of rotatable bonds is 3. The molecule has 1 rings (SSSR count). The highest BCUT2D eigenvalue weighted by atomic mass is 16.6. The zero-order valence-electron chi connectivity index (χ0n) is 8.61. The van der Waals surface area contributed by atoms with E-state index >= 15 is 0 Å². The number of carboxylic acid groups (broad SMARTS) is 1. The van der Waals surface area contributed by atoms with Gasteiger partial charge >= 0.3 is 11.9 Å². The molecule has 0 saturated heterocycles. The molecule has 1 aliphatic heterocycles. The second-order valence-corrected chi connectivity index (χ2v) is 2.91. The molecule has 98 valence electrons. The molecule has 9 nitrogen and oxygen atoms in total. The molecule has 1 heterocycles. The van der Waals surface area contributed by atoms with Crippen molar-refractivity contribution in [3.05, 3.63) is 11.5 Å². The fourth-order valence-corrected chi connectivity index (χ4v) is 0.823.